The highest BCUT2D eigenvalue weighted by Gasteiger charge is 2.28. The number of nitrogens with one attached hydrogen (secondary N) is 2. The number of carbonyl (C=O) groups excluding carboxylic acids is 1. The molecular weight excluding hydrogens is 241 g/mol. The van der Waals surface area contributed by atoms with Gasteiger partial charge in [-0.1, -0.05) is 13.8 Å². The van der Waals surface area contributed by atoms with Crippen LogP contribution in [-0.2, 0) is 9.59 Å². The van der Waals surface area contributed by atoms with Gasteiger partial charge in [-0.15, -0.1) is 0 Å². The lowest BCUT2D eigenvalue weighted by Gasteiger charge is -2.17. The van der Waals surface area contributed by atoms with Gasteiger partial charge in [0.05, 0.1) is 6.54 Å². The van der Waals surface area contributed by atoms with Crippen LogP contribution in [-0.4, -0.2) is 42.3 Å². The number of alkyl halides is 3. The first kappa shape index (κ1) is 15.7. The average molecular weight is 256 g/mol. The first-order chi connectivity index (χ1) is 7.63. The summed E-state index contributed by atoms with van der Waals surface area (Å²) in [6.07, 6.45) is -4.47. The molecule has 5 nitrogen and oxygen atoms in total. The van der Waals surface area contributed by atoms with E-state index in [1.165, 1.54) is 0 Å². The minimum Gasteiger partial charge on any atom is -0.480 e. The van der Waals surface area contributed by atoms with Gasteiger partial charge in [0, 0.05) is 0 Å². The summed E-state index contributed by atoms with van der Waals surface area (Å²) in [4.78, 5) is 21.7. The SMILES string of the molecule is CC(C)C(NCC(=O)NCC(F)(F)F)C(=O)O. The number of rotatable bonds is 6. The number of hydrogen-bond acceptors (Lipinski definition) is 3. The second-order valence-corrected chi connectivity index (χ2v) is 3.83. The number of hydrogen-bond donors (Lipinski definition) is 3. The van der Waals surface area contributed by atoms with Crippen LogP contribution in [0.5, 0.6) is 0 Å². The molecule has 1 amide bonds. The summed E-state index contributed by atoms with van der Waals surface area (Å²) in [7, 11) is 0. The summed E-state index contributed by atoms with van der Waals surface area (Å²) < 4.78 is 35.2. The number of halogens is 3. The number of carboxylic acid groups (broad SMARTS) is 1. The molecule has 0 heterocycles. The molecule has 0 radical (unpaired) electrons. The van der Waals surface area contributed by atoms with Gasteiger partial charge in [-0.3, -0.25) is 14.9 Å². The zero-order valence-electron chi connectivity index (χ0n) is 9.47. The van der Waals surface area contributed by atoms with E-state index in [1.54, 1.807) is 19.2 Å². The molecule has 0 saturated carbocycles. The third kappa shape index (κ3) is 7.56. The Balaban J connectivity index is 4.02. The topological polar surface area (TPSA) is 78.4 Å². The van der Waals surface area contributed by atoms with Gasteiger partial charge in [-0.05, 0) is 5.92 Å². The van der Waals surface area contributed by atoms with Crippen LogP contribution in [0.4, 0.5) is 13.2 Å². The zero-order chi connectivity index (χ0) is 13.6. The first-order valence-electron chi connectivity index (χ1n) is 4.93. The molecule has 0 aromatic rings. The van der Waals surface area contributed by atoms with Gasteiger partial charge in [0.15, 0.2) is 0 Å². The van der Waals surface area contributed by atoms with E-state index < -0.39 is 37.2 Å². The maximum absolute atomic E-state index is 11.7. The first-order valence-corrected chi connectivity index (χ1v) is 4.93. The van der Waals surface area contributed by atoms with E-state index in [-0.39, 0.29) is 5.92 Å². The Labute approximate surface area is 96.4 Å². The lowest BCUT2D eigenvalue weighted by atomic mass is 10.1. The molecule has 0 saturated heterocycles. The molecule has 1 atom stereocenters. The van der Waals surface area contributed by atoms with Crippen LogP contribution in [0.25, 0.3) is 0 Å². The third-order valence-corrected chi connectivity index (χ3v) is 1.90. The van der Waals surface area contributed by atoms with Crippen molar-refractivity contribution in [3.63, 3.8) is 0 Å². The number of amides is 1. The fraction of sp³-hybridized carbons (Fsp3) is 0.778. The highest BCUT2D eigenvalue weighted by Crippen LogP contribution is 2.11. The molecule has 0 spiro atoms. The molecule has 0 rings (SSSR count). The van der Waals surface area contributed by atoms with Crippen LogP contribution in [0, 0.1) is 5.92 Å². The van der Waals surface area contributed by atoms with Gasteiger partial charge in [-0.25, -0.2) is 0 Å². The summed E-state index contributed by atoms with van der Waals surface area (Å²) in [6.45, 7) is 1.36. The van der Waals surface area contributed by atoms with Gasteiger partial charge in [0.1, 0.15) is 12.6 Å². The fourth-order valence-corrected chi connectivity index (χ4v) is 1.07. The van der Waals surface area contributed by atoms with Gasteiger partial charge < -0.3 is 10.4 Å². The quantitative estimate of drug-likeness (QED) is 0.641. The Morgan fingerprint density at radius 3 is 2.18 bits per heavy atom. The lowest BCUT2D eigenvalue weighted by molar-refractivity contribution is -0.141. The van der Waals surface area contributed by atoms with Crippen LogP contribution in [0.15, 0.2) is 0 Å². The Hall–Kier alpha value is -1.31. The summed E-state index contributed by atoms with van der Waals surface area (Å²) in [5.74, 6) is -2.32. The monoisotopic (exact) mass is 256 g/mol. The van der Waals surface area contributed by atoms with E-state index in [0.717, 1.165) is 0 Å². The van der Waals surface area contributed by atoms with Crippen molar-refractivity contribution in [2.45, 2.75) is 26.1 Å². The lowest BCUT2D eigenvalue weighted by Crippen LogP contribution is -2.47. The largest absolute Gasteiger partial charge is 0.480 e. The minimum atomic E-state index is -4.47. The molecule has 8 heteroatoms. The van der Waals surface area contributed by atoms with Crippen molar-refractivity contribution in [3.05, 3.63) is 0 Å². The summed E-state index contributed by atoms with van der Waals surface area (Å²) in [5, 5.41) is 12.8. The molecule has 0 aliphatic carbocycles. The van der Waals surface area contributed by atoms with Crippen molar-refractivity contribution in [3.8, 4) is 0 Å². The Morgan fingerprint density at radius 1 is 1.29 bits per heavy atom. The molecule has 0 fully saturated rings. The van der Waals surface area contributed by atoms with Gasteiger partial charge in [-0.2, -0.15) is 13.2 Å². The van der Waals surface area contributed by atoms with Gasteiger partial charge in [0.2, 0.25) is 5.91 Å². The Morgan fingerprint density at radius 2 is 1.82 bits per heavy atom. The minimum absolute atomic E-state index is 0.275. The second-order valence-electron chi connectivity index (χ2n) is 3.83. The Kier molecular flexibility index (Phi) is 5.94. The molecule has 0 aliphatic heterocycles. The van der Waals surface area contributed by atoms with Crippen LogP contribution in [0.2, 0.25) is 0 Å². The number of carbonyl (C=O) groups is 2. The van der Waals surface area contributed by atoms with Crippen molar-refractivity contribution in [1.29, 1.82) is 0 Å². The molecule has 0 aromatic heterocycles. The summed E-state index contributed by atoms with van der Waals surface area (Å²) in [5.41, 5.74) is 0. The fourth-order valence-electron chi connectivity index (χ4n) is 1.07. The van der Waals surface area contributed by atoms with Crippen molar-refractivity contribution >= 4 is 11.9 Å². The van der Waals surface area contributed by atoms with Crippen molar-refractivity contribution in [2.75, 3.05) is 13.1 Å². The molecule has 17 heavy (non-hydrogen) atoms. The molecule has 0 aliphatic rings. The Bertz CT molecular complexity index is 279. The van der Waals surface area contributed by atoms with Crippen LogP contribution in [0.3, 0.4) is 0 Å². The van der Waals surface area contributed by atoms with E-state index in [4.69, 9.17) is 5.11 Å². The smallest absolute Gasteiger partial charge is 0.405 e. The van der Waals surface area contributed by atoms with Crippen molar-refractivity contribution in [1.82, 2.24) is 10.6 Å². The van der Waals surface area contributed by atoms with Crippen molar-refractivity contribution in [2.24, 2.45) is 5.92 Å². The molecule has 0 bridgehead atoms. The summed E-state index contributed by atoms with van der Waals surface area (Å²) in [6, 6.07) is -0.966. The van der Waals surface area contributed by atoms with Gasteiger partial charge >= 0.3 is 12.1 Å². The predicted molar refractivity (Wildman–Crippen MR) is 53.3 cm³/mol. The van der Waals surface area contributed by atoms with Crippen LogP contribution in [0.1, 0.15) is 13.8 Å². The predicted octanol–water partition coefficient (Wildman–Crippen LogP) is 0.364. The van der Waals surface area contributed by atoms with Crippen molar-refractivity contribution < 1.29 is 27.9 Å². The van der Waals surface area contributed by atoms with Crippen LogP contribution < -0.4 is 10.6 Å². The number of carboxylic acids is 1. The highest BCUT2D eigenvalue weighted by molar-refractivity contribution is 5.80. The third-order valence-electron chi connectivity index (χ3n) is 1.90. The molecule has 100 valence electrons. The maximum Gasteiger partial charge on any atom is 0.405 e. The summed E-state index contributed by atoms with van der Waals surface area (Å²) >= 11 is 0. The maximum atomic E-state index is 11.7. The average Bonchev–Trinajstić information content (AvgIpc) is 2.12. The molecule has 3 N–H and O–H groups in total. The van der Waals surface area contributed by atoms with E-state index in [9.17, 15) is 22.8 Å². The van der Waals surface area contributed by atoms with E-state index in [0.29, 0.717) is 0 Å². The van der Waals surface area contributed by atoms with E-state index in [2.05, 4.69) is 5.32 Å². The molecule has 0 aromatic carbocycles. The number of aliphatic carboxylic acids is 1. The molecular formula is C9H15F3N2O3. The normalized spacial score (nSPS) is 13.5. The van der Waals surface area contributed by atoms with Gasteiger partial charge in [0.25, 0.3) is 0 Å². The van der Waals surface area contributed by atoms with E-state index >= 15 is 0 Å². The molecule has 1 unspecified atom stereocenters. The standard InChI is InChI=1S/C9H15F3N2O3/c1-5(2)7(8(16)17)13-3-6(15)14-4-9(10,11)12/h5,7,13H,3-4H2,1-2H3,(H,14,15)(H,16,17). The zero-order valence-corrected chi connectivity index (χ0v) is 9.47. The van der Waals surface area contributed by atoms with E-state index in [1.807, 2.05) is 0 Å². The van der Waals surface area contributed by atoms with Crippen LogP contribution >= 0.6 is 0 Å². The second kappa shape index (κ2) is 6.43. The highest BCUT2D eigenvalue weighted by atomic mass is 19.4.